The van der Waals surface area contributed by atoms with Gasteiger partial charge in [0.25, 0.3) is 0 Å². The number of nitrogens with zero attached hydrogens (tertiary/aromatic N) is 3. The zero-order valence-electron chi connectivity index (χ0n) is 20.4. The third kappa shape index (κ3) is 5.85. The van der Waals surface area contributed by atoms with Crippen molar-refractivity contribution in [2.45, 2.75) is 18.0 Å². The molecule has 3 aromatic heterocycles. The van der Waals surface area contributed by atoms with Crippen molar-refractivity contribution in [1.82, 2.24) is 19.3 Å². The fourth-order valence-electron chi connectivity index (χ4n) is 3.92. The summed E-state index contributed by atoms with van der Waals surface area (Å²) in [6.45, 7) is 0.491. The number of thiophene rings is 1. The van der Waals surface area contributed by atoms with Crippen LogP contribution in [0.25, 0.3) is 16.9 Å². The largest absolute Gasteiger partial charge is 0.465 e. The van der Waals surface area contributed by atoms with Crippen molar-refractivity contribution < 1.29 is 17.9 Å². The van der Waals surface area contributed by atoms with Gasteiger partial charge in [-0.25, -0.2) is 22.9 Å². The van der Waals surface area contributed by atoms with Gasteiger partial charge in [-0.1, -0.05) is 54.1 Å². The Labute approximate surface area is 242 Å². The summed E-state index contributed by atoms with van der Waals surface area (Å²) >= 11 is 11.0. The number of esters is 1. The number of nitrogens with one attached hydrogen (secondary N) is 2. The molecule has 0 spiro atoms. The van der Waals surface area contributed by atoms with E-state index in [0.717, 1.165) is 32.5 Å². The topological polar surface area (TPSA) is 115 Å². The molecule has 0 atom stereocenters. The van der Waals surface area contributed by atoms with Crippen LogP contribution in [0.15, 0.2) is 81.6 Å². The molecule has 3 heterocycles. The van der Waals surface area contributed by atoms with Crippen LogP contribution in [0.4, 0.5) is 5.82 Å². The maximum absolute atomic E-state index is 12.8. The molecule has 0 saturated carbocycles. The number of hydrogen-bond donors (Lipinski definition) is 2. The lowest BCUT2D eigenvalue weighted by Crippen LogP contribution is -2.24. The van der Waals surface area contributed by atoms with E-state index in [1.165, 1.54) is 13.2 Å². The van der Waals surface area contributed by atoms with Crippen LogP contribution in [0.3, 0.4) is 0 Å². The standard InChI is InChI=1S/C26H21BrClN5O4S2/c1-37-26(34)24-22(9-10-38-24)39(35,36)31-14-17-6-4-5-16(11-17)13-29-23-12-21(18-7-2-3-8-20(18)28)32-25-19(27)15-30-33(23)25/h2-12,15,29,31H,13-14H2,1H3. The van der Waals surface area contributed by atoms with Gasteiger partial charge in [0, 0.05) is 29.7 Å². The molecule has 2 N–H and O–H groups in total. The Bertz CT molecular complexity index is 1790. The number of halogens is 2. The number of carbonyl (C=O) groups excluding carboxylic acids is 1. The van der Waals surface area contributed by atoms with Crippen LogP contribution in [0, 0.1) is 0 Å². The van der Waals surface area contributed by atoms with Gasteiger partial charge >= 0.3 is 5.97 Å². The zero-order chi connectivity index (χ0) is 27.6. The van der Waals surface area contributed by atoms with Crippen LogP contribution in [-0.4, -0.2) is 36.1 Å². The maximum atomic E-state index is 12.8. The number of ether oxygens (including phenoxy) is 1. The van der Waals surface area contributed by atoms with Crippen LogP contribution < -0.4 is 10.0 Å². The normalized spacial score (nSPS) is 11.6. The van der Waals surface area contributed by atoms with E-state index < -0.39 is 16.0 Å². The van der Waals surface area contributed by atoms with E-state index in [2.05, 4.69) is 31.1 Å². The van der Waals surface area contributed by atoms with Crippen LogP contribution in [0.1, 0.15) is 20.8 Å². The summed E-state index contributed by atoms with van der Waals surface area (Å²) in [4.78, 5) is 16.6. The van der Waals surface area contributed by atoms with E-state index in [1.807, 2.05) is 54.6 Å². The highest BCUT2D eigenvalue weighted by molar-refractivity contribution is 9.10. The summed E-state index contributed by atoms with van der Waals surface area (Å²) in [5.41, 5.74) is 3.81. The second kappa shape index (κ2) is 11.4. The predicted octanol–water partition coefficient (Wildman–Crippen LogP) is 5.75. The number of aromatic nitrogens is 3. The average molecular weight is 647 g/mol. The van der Waals surface area contributed by atoms with E-state index in [-0.39, 0.29) is 16.3 Å². The highest BCUT2D eigenvalue weighted by Crippen LogP contribution is 2.30. The van der Waals surface area contributed by atoms with E-state index in [4.69, 9.17) is 21.3 Å². The summed E-state index contributed by atoms with van der Waals surface area (Å²) in [7, 11) is -2.70. The molecule has 5 aromatic rings. The van der Waals surface area contributed by atoms with Crippen molar-refractivity contribution in [3.05, 3.63) is 97.7 Å². The molecule has 0 aliphatic heterocycles. The van der Waals surface area contributed by atoms with Gasteiger partial charge in [0.2, 0.25) is 10.0 Å². The number of fused-ring (bicyclic) bond motifs is 1. The van der Waals surface area contributed by atoms with Crippen molar-refractivity contribution in [1.29, 1.82) is 0 Å². The summed E-state index contributed by atoms with van der Waals surface area (Å²) in [6.07, 6.45) is 1.68. The fourth-order valence-corrected chi connectivity index (χ4v) is 6.85. The van der Waals surface area contributed by atoms with E-state index in [9.17, 15) is 13.2 Å². The molecule has 0 bridgehead atoms. The number of anilines is 1. The predicted molar refractivity (Wildman–Crippen MR) is 155 cm³/mol. The van der Waals surface area contributed by atoms with Crippen LogP contribution in [-0.2, 0) is 27.8 Å². The van der Waals surface area contributed by atoms with Crippen molar-refractivity contribution in [2.75, 3.05) is 12.4 Å². The van der Waals surface area contributed by atoms with Crippen molar-refractivity contribution in [2.24, 2.45) is 0 Å². The van der Waals surface area contributed by atoms with Gasteiger partial charge in [-0.3, -0.25) is 0 Å². The number of benzene rings is 2. The SMILES string of the molecule is COC(=O)c1sccc1S(=O)(=O)NCc1cccc(CNc2cc(-c3ccccc3Cl)nc3c(Br)cnn23)c1. The first-order chi connectivity index (χ1) is 18.8. The molecular formula is C26H21BrClN5O4S2. The monoisotopic (exact) mass is 645 g/mol. The van der Waals surface area contributed by atoms with Gasteiger partial charge < -0.3 is 10.1 Å². The lowest BCUT2D eigenvalue weighted by molar-refractivity contribution is 0.0602. The quantitative estimate of drug-likeness (QED) is 0.196. The molecule has 9 nitrogen and oxygen atoms in total. The van der Waals surface area contributed by atoms with Gasteiger partial charge in [0.05, 0.1) is 23.5 Å². The molecule has 0 aliphatic rings. The summed E-state index contributed by atoms with van der Waals surface area (Å²) in [6, 6.07) is 18.3. The smallest absolute Gasteiger partial charge is 0.349 e. The maximum Gasteiger partial charge on any atom is 0.349 e. The first-order valence-electron chi connectivity index (χ1n) is 11.5. The Morgan fingerprint density at radius 3 is 2.64 bits per heavy atom. The zero-order valence-corrected chi connectivity index (χ0v) is 24.4. The minimum absolute atomic E-state index is 0.0352. The first kappa shape index (κ1) is 27.3. The van der Waals surface area contributed by atoms with Gasteiger partial charge in [-0.05, 0) is 44.6 Å². The molecule has 0 unspecified atom stereocenters. The molecule has 200 valence electrons. The van der Waals surface area contributed by atoms with E-state index in [0.29, 0.717) is 28.7 Å². The fraction of sp³-hybridized carbons (Fsp3) is 0.115. The van der Waals surface area contributed by atoms with Gasteiger partial charge in [-0.2, -0.15) is 9.61 Å². The number of carbonyl (C=O) groups is 1. The Balaban J connectivity index is 1.34. The summed E-state index contributed by atoms with van der Waals surface area (Å²) in [5.74, 6) is 0.0186. The Hall–Kier alpha value is -3.29. The lowest BCUT2D eigenvalue weighted by atomic mass is 10.1. The van der Waals surface area contributed by atoms with Gasteiger partial charge in [0.15, 0.2) is 5.65 Å². The van der Waals surface area contributed by atoms with E-state index >= 15 is 0 Å². The van der Waals surface area contributed by atoms with Crippen molar-refractivity contribution in [3.63, 3.8) is 0 Å². The first-order valence-corrected chi connectivity index (χ1v) is 15.1. The molecular weight excluding hydrogens is 626 g/mol. The van der Waals surface area contributed by atoms with Gasteiger partial charge in [0.1, 0.15) is 15.6 Å². The van der Waals surface area contributed by atoms with Gasteiger partial charge in [-0.15, -0.1) is 11.3 Å². The van der Waals surface area contributed by atoms with Crippen LogP contribution in [0.2, 0.25) is 5.02 Å². The summed E-state index contributed by atoms with van der Waals surface area (Å²) < 4.78 is 35.4. The average Bonchev–Trinajstić information content (AvgIpc) is 3.59. The van der Waals surface area contributed by atoms with E-state index in [1.54, 1.807) is 16.1 Å². The van der Waals surface area contributed by atoms with Crippen LogP contribution in [0.5, 0.6) is 0 Å². The highest BCUT2D eigenvalue weighted by Gasteiger charge is 2.24. The Kier molecular flexibility index (Phi) is 8.01. The molecule has 13 heteroatoms. The second-order valence-corrected chi connectivity index (χ2v) is 12.3. The Morgan fingerprint density at radius 2 is 1.87 bits per heavy atom. The minimum Gasteiger partial charge on any atom is -0.465 e. The highest BCUT2D eigenvalue weighted by atomic mass is 79.9. The van der Waals surface area contributed by atoms with Crippen LogP contribution >= 0.6 is 38.9 Å². The molecule has 39 heavy (non-hydrogen) atoms. The molecule has 0 fully saturated rings. The molecule has 5 rings (SSSR count). The Morgan fingerprint density at radius 1 is 1.10 bits per heavy atom. The van der Waals surface area contributed by atoms with Crippen molar-refractivity contribution in [3.8, 4) is 11.3 Å². The lowest BCUT2D eigenvalue weighted by Gasteiger charge is -2.13. The summed E-state index contributed by atoms with van der Waals surface area (Å²) in [5, 5.41) is 9.95. The molecule has 0 radical (unpaired) electrons. The number of rotatable bonds is 9. The third-order valence-corrected chi connectivity index (χ3v) is 9.16. The minimum atomic E-state index is -3.92. The number of hydrogen-bond acceptors (Lipinski definition) is 8. The second-order valence-electron chi connectivity index (χ2n) is 8.34. The molecule has 2 aromatic carbocycles. The number of methoxy groups -OCH3 is 1. The third-order valence-electron chi connectivity index (χ3n) is 5.80. The van der Waals surface area contributed by atoms with Crippen molar-refractivity contribution >= 4 is 66.3 Å². The molecule has 0 saturated heterocycles. The molecule has 0 aliphatic carbocycles. The molecule has 0 amide bonds. The number of sulfonamides is 1.